The molecule has 16 heavy (non-hydrogen) atoms. The zero-order valence-corrected chi connectivity index (χ0v) is 9.32. The van der Waals surface area contributed by atoms with Crippen LogP contribution in [-0.4, -0.2) is 19.0 Å². The van der Waals surface area contributed by atoms with Gasteiger partial charge in [0.2, 0.25) is 0 Å². The van der Waals surface area contributed by atoms with Crippen LogP contribution in [0.4, 0.5) is 5.69 Å². The van der Waals surface area contributed by atoms with E-state index in [9.17, 15) is 4.79 Å². The van der Waals surface area contributed by atoms with Crippen LogP contribution in [0, 0.1) is 5.92 Å². The number of hydrogen-bond acceptors (Lipinski definition) is 3. The summed E-state index contributed by atoms with van der Waals surface area (Å²) >= 11 is 0. The molecule has 2 rings (SSSR count). The zero-order chi connectivity index (χ0) is 11.4. The fraction of sp³-hybridized carbons (Fsp3) is 0.462. The van der Waals surface area contributed by atoms with Gasteiger partial charge in [0.05, 0.1) is 0 Å². The summed E-state index contributed by atoms with van der Waals surface area (Å²) in [6, 6.07) is 7.55. The molecule has 1 aromatic rings. The van der Waals surface area contributed by atoms with Crippen LogP contribution >= 0.6 is 0 Å². The van der Waals surface area contributed by atoms with Gasteiger partial charge in [-0.15, -0.1) is 0 Å². The van der Waals surface area contributed by atoms with Crippen molar-refractivity contribution in [3.63, 3.8) is 0 Å². The van der Waals surface area contributed by atoms with Crippen LogP contribution in [-0.2, 0) is 16.0 Å². The van der Waals surface area contributed by atoms with E-state index in [4.69, 9.17) is 10.5 Å². The summed E-state index contributed by atoms with van der Waals surface area (Å²) in [7, 11) is 0. The topological polar surface area (TPSA) is 52.3 Å². The van der Waals surface area contributed by atoms with Gasteiger partial charge in [0, 0.05) is 31.2 Å². The van der Waals surface area contributed by atoms with Crippen molar-refractivity contribution in [3.8, 4) is 0 Å². The molecule has 1 aliphatic rings. The first-order valence-corrected chi connectivity index (χ1v) is 5.70. The molecule has 0 atom stereocenters. The largest absolute Gasteiger partial charge is 0.399 e. The highest BCUT2D eigenvalue weighted by Gasteiger charge is 2.21. The molecule has 3 heteroatoms. The van der Waals surface area contributed by atoms with Gasteiger partial charge in [0.15, 0.2) is 0 Å². The van der Waals surface area contributed by atoms with E-state index >= 15 is 0 Å². The summed E-state index contributed by atoms with van der Waals surface area (Å²) in [5.41, 5.74) is 7.41. The van der Waals surface area contributed by atoms with Gasteiger partial charge in [-0.1, -0.05) is 12.1 Å². The highest BCUT2D eigenvalue weighted by atomic mass is 16.5. The minimum atomic E-state index is 0.176. The Morgan fingerprint density at radius 1 is 1.38 bits per heavy atom. The summed E-state index contributed by atoms with van der Waals surface area (Å²) < 4.78 is 5.25. The molecule has 2 N–H and O–H groups in total. The van der Waals surface area contributed by atoms with Crippen LogP contribution in [0.1, 0.15) is 18.4 Å². The molecule has 0 aromatic heterocycles. The van der Waals surface area contributed by atoms with Crippen molar-refractivity contribution in [2.24, 2.45) is 5.92 Å². The van der Waals surface area contributed by atoms with Crippen LogP contribution in [0.5, 0.6) is 0 Å². The number of nitrogen functional groups attached to an aromatic ring is 1. The smallest absolute Gasteiger partial charge is 0.140 e. The van der Waals surface area contributed by atoms with Crippen LogP contribution in [0.15, 0.2) is 24.3 Å². The van der Waals surface area contributed by atoms with E-state index < -0.39 is 0 Å². The first-order chi connectivity index (χ1) is 7.75. The number of hydrogen-bond donors (Lipinski definition) is 1. The highest BCUT2D eigenvalue weighted by Crippen LogP contribution is 2.18. The van der Waals surface area contributed by atoms with Gasteiger partial charge in [-0.3, -0.25) is 4.79 Å². The van der Waals surface area contributed by atoms with Gasteiger partial charge in [0.25, 0.3) is 0 Å². The third-order valence-electron chi connectivity index (χ3n) is 3.01. The first-order valence-electron chi connectivity index (χ1n) is 5.70. The lowest BCUT2D eigenvalue weighted by molar-refractivity contribution is -0.125. The van der Waals surface area contributed by atoms with E-state index in [1.54, 1.807) is 0 Å². The van der Waals surface area contributed by atoms with Crippen LogP contribution < -0.4 is 5.73 Å². The number of Topliss-reactive ketones (excluding diaryl/α,β-unsaturated/α-hetero) is 1. The number of benzene rings is 1. The molecule has 1 heterocycles. The summed E-state index contributed by atoms with van der Waals surface area (Å²) in [6.07, 6.45) is 2.22. The third-order valence-corrected chi connectivity index (χ3v) is 3.01. The Balaban J connectivity index is 1.96. The fourth-order valence-electron chi connectivity index (χ4n) is 2.07. The van der Waals surface area contributed by atoms with Gasteiger partial charge >= 0.3 is 0 Å². The fourth-order valence-corrected chi connectivity index (χ4v) is 2.07. The second-order valence-electron chi connectivity index (χ2n) is 4.27. The molecule has 0 aliphatic carbocycles. The summed E-state index contributed by atoms with van der Waals surface area (Å²) in [5, 5.41) is 0. The summed E-state index contributed by atoms with van der Waals surface area (Å²) in [6.45, 7) is 1.43. The Labute approximate surface area is 95.6 Å². The van der Waals surface area contributed by atoms with Crippen LogP contribution in [0.25, 0.3) is 0 Å². The number of ketones is 1. The van der Waals surface area contributed by atoms with Crippen molar-refractivity contribution in [2.75, 3.05) is 18.9 Å². The predicted octanol–water partition coefficient (Wildman–Crippen LogP) is 1.81. The minimum absolute atomic E-state index is 0.176. The Kier molecular flexibility index (Phi) is 3.57. The Hall–Kier alpha value is -1.35. The van der Waals surface area contributed by atoms with E-state index in [1.807, 2.05) is 24.3 Å². The van der Waals surface area contributed by atoms with E-state index in [2.05, 4.69) is 0 Å². The Bertz CT molecular complexity index is 370. The second-order valence-corrected chi connectivity index (χ2v) is 4.27. The van der Waals surface area contributed by atoms with Crippen LogP contribution in [0.2, 0.25) is 0 Å². The van der Waals surface area contributed by atoms with Gasteiger partial charge in [-0.05, 0) is 30.5 Å². The number of ether oxygens (including phenoxy) is 1. The molecule has 1 saturated heterocycles. The molecule has 1 aromatic carbocycles. The van der Waals surface area contributed by atoms with Crippen molar-refractivity contribution in [1.82, 2.24) is 0 Å². The average Bonchev–Trinajstić information content (AvgIpc) is 2.30. The Morgan fingerprint density at radius 2 is 2.12 bits per heavy atom. The van der Waals surface area contributed by atoms with E-state index in [1.165, 1.54) is 0 Å². The molecule has 1 aliphatic heterocycles. The van der Waals surface area contributed by atoms with E-state index in [0.717, 1.165) is 24.1 Å². The molecule has 0 saturated carbocycles. The molecule has 0 radical (unpaired) electrons. The van der Waals surface area contributed by atoms with Crippen LogP contribution in [0.3, 0.4) is 0 Å². The number of anilines is 1. The summed E-state index contributed by atoms with van der Waals surface area (Å²) in [4.78, 5) is 12.0. The first kappa shape index (κ1) is 11.1. The molecule has 0 bridgehead atoms. The SMILES string of the molecule is Nc1cccc(CC(=O)C2CCOCC2)c1. The molecule has 0 spiro atoms. The van der Waals surface area contributed by atoms with Crippen molar-refractivity contribution >= 4 is 11.5 Å². The van der Waals surface area contributed by atoms with Crippen molar-refractivity contribution < 1.29 is 9.53 Å². The maximum atomic E-state index is 12.0. The Morgan fingerprint density at radius 3 is 2.81 bits per heavy atom. The normalized spacial score (nSPS) is 17.2. The maximum absolute atomic E-state index is 12.0. The van der Waals surface area contributed by atoms with Crippen molar-refractivity contribution in [3.05, 3.63) is 29.8 Å². The second kappa shape index (κ2) is 5.12. The zero-order valence-electron chi connectivity index (χ0n) is 9.32. The highest BCUT2D eigenvalue weighted by molar-refractivity contribution is 5.83. The summed E-state index contributed by atoms with van der Waals surface area (Å²) in [5.74, 6) is 0.490. The van der Waals surface area contributed by atoms with E-state index in [-0.39, 0.29) is 5.92 Å². The van der Waals surface area contributed by atoms with Crippen molar-refractivity contribution in [1.29, 1.82) is 0 Å². The predicted molar refractivity (Wildman–Crippen MR) is 63.1 cm³/mol. The van der Waals surface area contributed by atoms with Gasteiger partial charge in [-0.2, -0.15) is 0 Å². The van der Waals surface area contributed by atoms with Gasteiger partial charge < -0.3 is 10.5 Å². The molecule has 1 fully saturated rings. The molecule has 3 nitrogen and oxygen atoms in total. The lowest BCUT2D eigenvalue weighted by Gasteiger charge is -2.20. The molecule has 0 unspecified atom stereocenters. The monoisotopic (exact) mass is 219 g/mol. The standard InChI is InChI=1S/C13H17NO2/c14-12-3-1-2-10(8-12)9-13(15)11-4-6-16-7-5-11/h1-3,8,11H,4-7,9,14H2. The third kappa shape index (κ3) is 2.83. The number of rotatable bonds is 3. The maximum Gasteiger partial charge on any atom is 0.140 e. The number of carbonyl (C=O) groups excluding carboxylic acids is 1. The number of carbonyl (C=O) groups is 1. The lowest BCUT2D eigenvalue weighted by Crippen LogP contribution is -2.24. The molecular weight excluding hydrogens is 202 g/mol. The average molecular weight is 219 g/mol. The minimum Gasteiger partial charge on any atom is -0.399 e. The molecular formula is C13H17NO2. The number of nitrogens with two attached hydrogens (primary N) is 1. The molecule has 86 valence electrons. The lowest BCUT2D eigenvalue weighted by atomic mass is 9.91. The quantitative estimate of drug-likeness (QED) is 0.789. The van der Waals surface area contributed by atoms with Gasteiger partial charge in [0.1, 0.15) is 5.78 Å². The molecule has 0 amide bonds. The van der Waals surface area contributed by atoms with Gasteiger partial charge in [-0.25, -0.2) is 0 Å². The van der Waals surface area contributed by atoms with Crippen molar-refractivity contribution in [2.45, 2.75) is 19.3 Å². The van der Waals surface area contributed by atoms with E-state index in [0.29, 0.717) is 25.4 Å².